The monoisotopic (exact) mass is 541 g/mol. The first kappa shape index (κ1) is 29.5. The van der Waals surface area contributed by atoms with Gasteiger partial charge < -0.3 is 10.4 Å². The zero-order valence-corrected chi connectivity index (χ0v) is 21.0. The summed E-state index contributed by atoms with van der Waals surface area (Å²) in [5.41, 5.74) is -4.69. The molecule has 2 aromatic carbocycles. The number of rotatable bonds is 10. The summed E-state index contributed by atoms with van der Waals surface area (Å²) in [7, 11) is 0. The van der Waals surface area contributed by atoms with Gasteiger partial charge in [0.25, 0.3) is 6.43 Å². The fourth-order valence-corrected chi connectivity index (χ4v) is 4.00. The van der Waals surface area contributed by atoms with Crippen molar-refractivity contribution in [3.05, 3.63) is 59.7 Å². The van der Waals surface area contributed by atoms with Crippen LogP contribution in [-0.4, -0.2) is 40.9 Å². The van der Waals surface area contributed by atoms with E-state index < -0.39 is 53.8 Å². The maximum atomic E-state index is 14.4. The van der Waals surface area contributed by atoms with Crippen LogP contribution in [0.5, 0.6) is 0 Å². The molecule has 0 saturated heterocycles. The van der Waals surface area contributed by atoms with Crippen molar-refractivity contribution in [1.29, 1.82) is 5.26 Å². The second-order valence-electron chi connectivity index (χ2n) is 10.4. The molecule has 38 heavy (non-hydrogen) atoms. The van der Waals surface area contributed by atoms with Gasteiger partial charge in [0.1, 0.15) is 22.9 Å². The van der Waals surface area contributed by atoms with Crippen LogP contribution in [0, 0.1) is 11.3 Å². The summed E-state index contributed by atoms with van der Waals surface area (Å²) >= 11 is 0. The SMILES string of the molecule is CC(C)(F)C[C@H](N[C@@H](c1ccc(-c2ccc([C@@](C)(O)C(F)F)cc2)cc1)C(F)(F)F)C(=O)NC1(C#N)CC1. The number of nitrogens with one attached hydrogen (secondary N) is 2. The van der Waals surface area contributed by atoms with Crippen LogP contribution >= 0.6 is 0 Å². The predicted molar refractivity (Wildman–Crippen MR) is 129 cm³/mol. The van der Waals surface area contributed by atoms with E-state index in [1.54, 1.807) is 0 Å². The number of alkyl halides is 6. The fourth-order valence-electron chi connectivity index (χ4n) is 4.00. The predicted octanol–water partition coefficient (Wildman–Crippen LogP) is 5.70. The van der Waals surface area contributed by atoms with E-state index in [9.17, 15) is 41.5 Å². The van der Waals surface area contributed by atoms with Gasteiger partial charge in [-0.25, -0.2) is 13.2 Å². The first-order valence-electron chi connectivity index (χ1n) is 11.9. The summed E-state index contributed by atoms with van der Waals surface area (Å²) < 4.78 is 82.9. The minimum atomic E-state index is -4.84. The third-order valence-electron chi connectivity index (χ3n) is 6.50. The average molecular weight is 542 g/mol. The Balaban J connectivity index is 1.85. The Morgan fingerprint density at radius 3 is 1.89 bits per heavy atom. The molecule has 3 atom stereocenters. The van der Waals surface area contributed by atoms with Gasteiger partial charge in [-0.2, -0.15) is 18.4 Å². The van der Waals surface area contributed by atoms with Gasteiger partial charge in [0.15, 0.2) is 0 Å². The van der Waals surface area contributed by atoms with Crippen molar-refractivity contribution in [2.24, 2.45) is 0 Å². The highest BCUT2D eigenvalue weighted by atomic mass is 19.4. The number of nitriles is 1. The van der Waals surface area contributed by atoms with E-state index in [1.165, 1.54) is 48.5 Å². The maximum absolute atomic E-state index is 14.4. The number of carbonyl (C=O) groups excluding carboxylic acids is 1. The van der Waals surface area contributed by atoms with Crippen molar-refractivity contribution in [2.45, 2.75) is 81.5 Å². The fraction of sp³-hybridized carbons (Fsp3) is 0.481. The number of benzene rings is 2. The lowest BCUT2D eigenvalue weighted by Gasteiger charge is -2.30. The number of nitrogens with zero attached hydrogens (tertiary/aromatic N) is 1. The molecule has 2 aromatic rings. The summed E-state index contributed by atoms with van der Waals surface area (Å²) in [5, 5.41) is 23.8. The molecule has 0 unspecified atom stereocenters. The van der Waals surface area contributed by atoms with E-state index in [0.717, 1.165) is 20.8 Å². The van der Waals surface area contributed by atoms with Gasteiger partial charge >= 0.3 is 6.18 Å². The van der Waals surface area contributed by atoms with Gasteiger partial charge in [0.05, 0.1) is 12.1 Å². The summed E-state index contributed by atoms with van der Waals surface area (Å²) in [5.74, 6) is -0.889. The minimum Gasteiger partial charge on any atom is -0.379 e. The van der Waals surface area contributed by atoms with Crippen molar-refractivity contribution >= 4 is 5.91 Å². The Labute approximate surface area is 216 Å². The number of carbonyl (C=O) groups is 1. The third kappa shape index (κ3) is 7.05. The molecule has 11 heteroatoms. The zero-order valence-electron chi connectivity index (χ0n) is 21.0. The molecule has 0 heterocycles. The van der Waals surface area contributed by atoms with Crippen molar-refractivity contribution < 1.29 is 36.2 Å². The molecule has 1 saturated carbocycles. The molecule has 1 aliphatic rings. The molecule has 206 valence electrons. The zero-order chi connectivity index (χ0) is 28.5. The van der Waals surface area contributed by atoms with Crippen LogP contribution in [0.2, 0.25) is 0 Å². The molecular formula is C27H29F6N3O2. The molecule has 0 spiro atoms. The van der Waals surface area contributed by atoms with Gasteiger partial charge in [-0.15, -0.1) is 0 Å². The van der Waals surface area contributed by atoms with Gasteiger partial charge in [0, 0.05) is 6.42 Å². The number of hydrogen-bond donors (Lipinski definition) is 3. The summed E-state index contributed by atoms with van der Waals surface area (Å²) in [6.07, 6.45) is -7.67. The van der Waals surface area contributed by atoms with E-state index >= 15 is 0 Å². The Morgan fingerprint density at radius 2 is 1.50 bits per heavy atom. The minimum absolute atomic E-state index is 0.0151. The van der Waals surface area contributed by atoms with Gasteiger partial charge in [-0.1, -0.05) is 48.5 Å². The van der Waals surface area contributed by atoms with Crippen LogP contribution in [0.3, 0.4) is 0 Å². The quantitative estimate of drug-likeness (QED) is 0.337. The topological polar surface area (TPSA) is 85.2 Å². The molecule has 5 nitrogen and oxygen atoms in total. The standard InChI is InChI=1S/C27H29F6N3O2/c1-24(2,30)14-20(22(37)36-26(15-34)12-13-26)35-21(27(31,32)33)18-6-4-16(5-7-18)17-8-10-19(11-9-17)25(3,38)23(28)29/h4-11,20-21,23,35,38H,12-14H2,1-3H3,(H,36,37)/t20-,21-,25+/m0/s1. The van der Waals surface area contributed by atoms with Crippen LogP contribution in [0.1, 0.15) is 57.2 Å². The Hall–Kier alpha value is -3.10. The first-order chi connectivity index (χ1) is 17.5. The van der Waals surface area contributed by atoms with E-state index in [-0.39, 0.29) is 11.1 Å². The molecule has 1 amide bonds. The first-order valence-corrected chi connectivity index (χ1v) is 11.9. The molecule has 0 aliphatic heterocycles. The summed E-state index contributed by atoms with van der Waals surface area (Å²) in [6.45, 7) is 3.28. The second-order valence-corrected chi connectivity index (χ2v) is 10.4. The highest BCUT2D eigenvalue weighted by Gasteiger charge is 2.48. The van der Waals surface area contributed by atoms with Crippen molar-refractivity contribution in [3.63, 3.8) is 0 Å². The molecule has 1 fully saturated rings. The largest absolute Gasteiger partial charge is 0.407 e. The molecule has 0 radical (unpaired) electrons. The smallest absolute Gasteiger partial charge is 0.379 e. The third-order valence-corrected chi connectivity index (χ3v) is 6.50. The van der Waals surface area contributed by atoms with Gasteiger partial charge in [-0.05, 0) is 55.9 Å². The normalized spacial score (nSPS) is 18.3. The van der Waals surface area contributed by atoms with E-state index in [2.05, 4.69) is 10.6 Å². The Morgan fingerprint density at radius 1 is 1.00 bits per heavy atom. The number of aliphatic hydroxyl groups is 1. The highest BCUT2D eigenvalue weighted by molar-refractivity contribution is 5.83. The molecule has 1 aliphatic carbocycles. The van der Waals surface area contributed by atoms with E-state index in [1.807, 2.05) is 6.07 Å². The number of amides is 1. The summed E-state index contributed by atoms with van der Waals surface area (Å²) in [6, 6.07) is 8.82. The molecule has 3 N–H and O–H groups in total. The van der Waals surface area contributed by atoms with E-state index in [4.69, 9.17) is 0 Å². The lowest BCUT2D eigenvalue weighted by molar-refractivity contribution is -0.161. The summed E-state index contributed by atoms with van der Waals surface area (Å²) in [4.78, 5) is 12.8. The van der Waals surface area contributed by atoms with Crippen LogP contribution in [-0.2, 0) is 10.4 Å². The van der Waals surface area contributed by atoms with E-state index in [0.29, 0.717) is 24.0 Å². The lowest BCUT2D eigenvalue weighted by Crippen LogP contribution is -2.53. The molecule has 3 rings (SSSR count). The molecule has 0 aromatic heterocycles. The van der Waals surface area contributed by atoms with Crippen LogP contribution in [0.15, 0.2) is 48.5 Å². The Kier molecular flexibility index (Phi) is 8.20. The molecule has 0 bridgehead atoms. The molecular weight excluding hydrogens is 512 g/mol. The number of halogens is 6. The Bertz CT molecular complexity index is 1160. The van der Waals surface area contributed by atoms with Crippen LogP contribution in [0.25, 0.3) is 11.1 Å². The number of hydrogen-bond acceptors (Lipinski definition) is 4. The van der Waals surface area contributed by atoms with Crippen molar-refractivity contribution in [1.82, 2.24) is 10.6 Å². The van der Waals surface area contributed by atoms with Gasteiger partial charge in [0.2, 0.25) is 5.91 Å². The van der Waals surface area contributed by atoms with Crippen LogP contribution < -0.4 is 10.6 Å². The lowest BCUT2D eigenvalue weighted by atomic mass is 9.93. The average Bonchev–Trinajstić information content (AvgIpc) is 3.60. The van der Waals surface area contributed by atoms with Crippen LogP contribution in [0.4, 0.5) is 26.3 Å². The van der Waals surface area contributed by atoms with Crippen molar-refractivity contribution in [3.8, 4) is 17.2 Å². The maximum Gasteiger partial charge on any atom is 0.407 e. The highest BCUT2D eigenvalue weighted by Crippen LogP contribution is 2.37. The van der Waals surface area contributed by atoms with Gasteiger partial charge in [-0.3, -0.25) is 10.1 Å². The second kappa shape index (κ2) is 10.6. The van der Waals surface area contributed by atoms with Crippen molar-refractivity contribution in [2.75, 3.05) is 0 Å².